The molecule has 0 aliphatic carbocycles. The van der Waals surface area contributed by atoms with Crippen LogP contribution in [-0.4, -0.2) is 35.4 Å². The first-order chi connectivity index (χ1) is 8.15. The van der Waals surface area contributed by atoms with Crippen LogP contribution in [0, 0.1) is 6.92 Å². The minimum absolute atomic E-state index is 0.00282. The monoisotopic (exact) mass is 234 g/mol. The molecule has 1 fully saturated rings. The molecular formula is C12H18N4O. The number of hydrogen-bond acceptors (Lipinski definition) is 4. The van der Waals surface area contributed by atoms with Gasteiger partial charge in [-0.05, 0) is 38.9 Å². The third-order valence-corrected chi connectivity index (χ3v) is 2.98. The van der Waals surface area contributed by atoms with Crippen molar-refractivity contribution in [3.8, 4) is 0 Å². The fraction of sp³-hybridized carbons (Fsp3) is 0.500. The lowest BCUT2D eigenvalue weighted by Gasteiger charge is -2.14. The van der Waals surface area contributed by atoms with E-state index in [0.29, 0.717) is 17.9 Å². The number of rotatable bonds is 3. The number of nitrogens with zero attached hydrogens (tertiary/aromatic N) is 2. The molecule has 0 unspecified atom stereocenters. The quantitative estimate of drug-likeness (QED) is 0.818. The topological polar surface area (TPSA) is 71.2 Å². The van der Waals surface area contributed by atoms with Gasteiger partial charge in [0.25, 0.3) is 0 Å². The van der Waals surface area contributed by atoms with Crippen molar-refractivity contribution in [2.24, 2.45) is 0 Å². The molecule has 1 aliphatic rings. The van der Waals surface area contributed by atoms with Crippen molar-refractivity contribution in [2.45, 2.75) is 19.8 Å². The Bertz CT molecular complexity index is 413. The number of pyridine rings is 1. The highest BCUT2D eigenvalue weighted by atomic mass is 16.2. The van der Waals surface area contributed by atoms with Crippen LogP contribution in [0.15, 0.2) is 12.3 Å². The third-order valence-electron chi connectivity index (χ3n) is 2.98. The predicted octanol–water partition coefficient (Wildman–Crippen LogP) is 1.01. The zero-order valence-corrected chi connectivity index (χ0v) is 10.1. The number of nitrogens with one attached hydrogen (secondary N) is 1. The number of hydrogen-bond donors (Lipinski definition) is 2. The first-order valence-electron chi connectivity index (χ1n) is 5.89. The number of anilines is 2. The minimum Gasteiger partial charge on any atom is -0.397 e. The van der Waals surface area contributed by atoms with Crippen LogP contribution in [0.3, 0.4) is 0 Å². The normalized spacial score (nSPS) is 16.1. The van der Waals surface area contributed by atoms with Gasteiger partial charge in [0.1, 0.15) is 0 Å². The van der Waals surface area contributed by atoms with Crippen molar-refractivity contribution in [3.63, 3.8) is 0 Å². The number of likely N-dealkylation sites (tertiary alicyclic amines) is 1. The van der Waals surface area contributed by atoms with Crippen LogP contribution in [0.4, 0.5) is 11.4 Å². The molecule has 92 valence electrons. The van der Waals surface area contributed by atoms with E-state index >= 15 is 0 Å². The molecule has 2 heterocycles. The lowest BCUT2D eigenvalue weighted by molar-refractivity contribution is -0.117. The second kappa shape index (κ2) is 5.14. The highest BCUT2D eigenvalue weighted by Gasteiger charge is 2.15. The molecule has 1 aromatic heterocycles. The summed E-state index contributed by atoms with van der Waals surface area (Å²) in [5.41, 5.74) is 7.78. The lowest BCUT2D eigenvalue weighted by Crippen LogP contribution is -2.30. The molecule has 5 nitrogen and oxygen atoms in total. The van der Waals surface area contributed by atoms with Crippen molar-refractivity contribution in [1.82, 2.24) is 9.88 Å². The molecule has 0 aromatic carbocycles. The van der Waals surface area contributed by atoms with E-state index in [9.17, 15) is 4.79 Å². The molecule has 5 heteroatoms. The van der Waals surface area contributed by atoms with Crippen molar-refractivity contribution < 1.29 is 4.79 Å². The average Bonchev–Trinajstić information content (AvgIpc) is 2.76. The number of nitrogen functional groups attached to an aromatic ring is 1. The highest BCUT2D eigenvalue weighted by molar-refractivity contribution is 5.92. The molecule has 0 bridgehead atoms. The second-order valence-corrected chi connectivity index (χ2v) is 4.43. The molecule has 0 atom stereocenters. The van der Waals surface area contributed by atoms with Gasteiger partial charge in [-0.1, -0.05) is 0 Å². The van der Waals surface area contributed by atoms with E-state index in [0.717, 1.165) is 18.8 Å². The Morgan fingerprint density at radius 3 is 2.88 bits per heavy atom. The number of carbonyl (C=O) groups excluding carboxylic acids is 1. The van der Waals surface area contributed by atoms with Gasteiger partial charge >= 0.3 is 0 Å². The van der Waals surface area contributed by atoms with Gasteiger partial charge in [0.05, 0.1) is 29.8 Å². The van der Waals surface area contributed by atoms with Gasteiger partial charge in [-0.2, -0.15) is 0 Å². The summed E-state index contributed by atoms with van der Waals surface area (Å²) in [5.74, 6) is -0.00282. The molecule has 17 heavy (non-hydrogen) atoms. The molecule has 0 radical (unpaired) electrons. The second-order valence-electron chi connectivity index (χ2n) is 4.43. The Hall–Kier alpha value is -1.62. The maximum absolute atomic E-state index is 11.7. The number of amides is 1. The van der Waals surface area contributed by atoms with E-state index in [2.05, 4.69) is 15.2 Å². The van der Waals surface area contributed by atoms with E-state index in [1.807, 2.05) is 6.92 Å². The van der Waals surface area contributed by atoms with Gasteiger partial charge in [-0.3, -0.25) is 14.7 Å². The molecular weight excluding hydrogens is 216 g/mol. The van der Waals surface area contributed by atoms with Crippen LogP contribution < -0.4 is 11.1 Å². The summed E-state index contributed by atoms with van der Waals surface area (Å²) in [6.07, 6.45) is 4.01. The summed E-state index contributed by atoms with van der Waals surface area (Å²) in [4.78, 5) is 18.0. The van der Waals surface area contributed by atoms with Crippen LogP contribution in [0.5, 0.6) is 0 Å². The molecule has 1 saturated heterocycles. The molecule has 1 aliphatic heterocycles. The highest BCUT2D eigenvalue weighted by Crippen LogP contribution is 2.14. The summed E-state index contributed by atoms with van der Waals surface area (Å²) >= 11 is 0. The molecule has 2 rings (SSSR count). The van der Waals surface area contributed by atoms with Crippen LogP contribution in [0.1, 0.15) is 18.5 Å². The standard InChI is InChI=1S/C12H18N4O/c1-9-11(13)6-10(7-14-9)15-12(17)8-16-4-2-3-5-16/h6-7H,2-5,8,13H2,1H3,(H,15,17). The Labute approximate surface area is 101 Å². The molecule has 0 spiro atoms. The molecule has 1 aromatic rings. The van der Waals surface area contributed by atoms with Gasteiger partial charge < -0.3 is 11.1 Å². The molecule has 3 N–H and O–H groups in total. The van der Waals surface area contributed by atoms with Crippen molar-refractivity contribution in [3.05, 3.63) is 18.0 Å². The summed E-state index contributed by atoms with van der Waals surface area (Å²) in [7, 11) is 0. The van der Waals surface area contributed by atoms with E-state index in [4.69, 9.17) is 5.73 Å². The summed E-state index contributed by atoms with van der Waals surface area (Å²) in [6.45, 7) is 4.32. The largest absolute Gasteiger partial charge is 0.397 e. The van der Waals surface area contributed by atoms with E-state index in [-0.39, 0.29) is 5.91 Å². The zero-order valence-electron chi connectivity index (χ0n) is 10.1. The summed E-state index contributed by atoms with van der Waals surface area (Å²) < 4.78 is 0. The fourth-order valence-corrected chi connectivity index (χ4v) is 1.96. The van der Waals surface area contributed by atoms with Gasteiger partial charge in [0, 0.05) is 0 Å². The van der Waals surface area contributed by atoms with Crippen LogP contribution in [-0.2, 0) is 4.79 Å². The van der Waals surface area contributed by atoms with Crippen LogP contribution in [0.25, 0.3) is 0 Å². The van der Waals surface area contributed by atoms with E-state index in [1.54, 1.807) is 12.3 Å². The van der Waals surface area contributed by atoms with Gasteiger partial charge in [0.2, 0.25) is 5.91 Å². The lowest BCUT2D eigenvalue weighted by atomic mass is 10.3. The Kier molecular flexibility index (Phi) is 3.58. The van der Waals surface area contributed by atoms with Crippen LogP contribution in [0.2, 0.25) is 0 Å². The Morgan fingerprint density at radius 2 is 2.24 bits per heavy atom. The SMILES string of the molecule is Cc1ncc(NC(=O)CN2CCCC2)cc1N. The zero-order chi connectivity index (χ0) is 12.3. The molecule has 0 saturated carbocycles. The van der Waals surface area contributed by atoms with E-state index in [1.165, 1.54) is 12.8 Å². The Morgan fingerprint density at radius 1 is 1.53 bits per heavy atom. The summed E-state index contributed by atoms with van der Waals surface area (Å²) in [5, 5.41) is 2.81. The predicted molar refractivity (Wildman–Crippen MR) is 67.7 cm³/mol. The minimum atomic E-state index is -0.00282. The van der Waals surface area contributed by atoms with Gasteiger partial charge in [0.15, 0.2) is 0 Å². The third kappa shape index (κ3) is 3.17. The molecule has 1 amide bonds. The van der Waals surface area contributed by atoms with Crippen LogP contribution >= 0.6 is 0 Å². The van der Waals surface area contributed by atoms with Gasteiger partial charge in [-0.15, -0.1) is 0 Å². The maximum Gasteiger partial charge on any atom is 0.238 e. The van der Waals surface area contributed by atoms with Crippen molar-refractivity contribution in [2.75, 3.05) is 30.7 Å². The first kappa shape index (κ1) is 11.9. The first-order valence-corrected chi connectivity index (χ1v) is 5.89. The number of nitrogens with two attached hydrogens (primary N) is 1. The average molecular weight is 234 g/mol. The smallest absolute Gasteiger partial charge is 0.238 e. The van der Waals surface area contributed by atoms with E-state index < -0.39 is 0 Å². The number of aromatic nitrogens is 1. The Balaban J connectivity index is 1.90. The van der Waals surface area contributed by atoms with Gasteiger partial charge in [-0.25, -0.2) is 0 Å². The summed E-state index contributed by atoms with van der Waals surface area (Å²) in [6, 6.07) is 1.74. The van der Waals surface area contributed by atoms with Crippen molar-refractivity contribution in [1.29, 1.82) is 0 Å². The van der Waals surface area contributed by atoms with Crippen molar-refractivity contribution >= 4 is 17.3 Å². The fourth-order valence-electron chi connectivity index (χ4n) is 1.96. The maximum atomic E-state index is 11.7. The number of carbonyl (C=O) groups is 1. The number of aryl methyl sites for hydroxylation is 1.